The number of hydrogen-bond acceptors (Lipinski definition) is 5. The number of ether oxygens (including phenoxy) is 2. The van der Waals surface area contributed by atoms with Gasteiger partial charge in [0.2, 0.25) is 5.88 Å². The molecule has 0 aliphatic carbocycles. The molecule has 1 aromatic rings. The molecule has 2 heterocycles. The van der Waals surface area contributed by atoms with Gasteiger partial charge in [-0.25, -0.2) is 9.78 Å². The number of rotatable bonds is 5. The summed E-state index contributed by atoms with van der Waals surface area (Å²) in [5, 5.41) is 5.64. The van der Waals surface area contributed by atoms with Crippen LogP contribution in [0.15, 0.2) is 12.3 Å². The molecule has 1 aliphatic rings. The lowest BCUT2D eigenvalue weighted by atomic mass is 10.1. The zero-order valence-electron chi connectivity index (χ0n) is 14.3. The van der Waals surface area contributed by atoms with Crippen molar-refractivity contribution in [2.24, 2.45) is 0 Å². The molecule has 1 aromatic heterocycles. The quantitative estimate of drug-likeness (QED) is 0.862. The highest BCUT2D eigenvalue weighted by Gasteiger charge is 2.26. The van der Waals surface area contributed by atoms with Crippen LogP contribution in [0.2, 0.25) is 0 Å². The molecule has 0 aromatic carbocycles. The summed E-state index contributed by atoms with van der Waals surface area (Å²) in [4.78, 5) is 18.4. The number of carbonyl (C=O) groups is 1. The lowest BCUT2D eigenvalue weighted by molar-refractivity contribution is -0.0852. The van der Waals surface area contributed by atoms with Gasteiger partial charge < -0.3 is 20.1 Å². The average Bonchev–Trinajstić information content (AvgIpc) is 2.46. The van der Waals surface area contributed by atoms with E-state index < -0.39 is 0 Å². The van der Waals surface area contributed by atoms with E-state index in [4.69, 9.17) is 9.47 Å². The Bertz CT molecular complexity index is 548. The molecule has 7 heteroatoms. The van der Waals surface area contributed by atoms with Crippen molar-refractivity contribution in [3.63, 3.8) is 0 Å². The number of methoxy groups -OCH3 is 1. The van der Waals surface area contributed by atoms with E-state index in [0.717, 1.165) is 31.8 Å². The van der Waals surface area contributed by atoms with E-state index in [1.807, 2.05) is 13.0 Å². The van der Waals surface area contributed by atoms with Gasteiger partial charge in [0, 0.05) is 32.4 Å². The van der Waals surface area contributed by atoms with Crippen molar-refractivity contribution in [1.82, 2.24) is 15.2 Å². The fraction of sp³-hybridized carbons (Fsp3) is 0.625. The Hall–Kier alpha value is -1.86. The minimum Gasteiger partial charge on any atom is -0.480 e. The van der Waals surface area contributed by atoms with E-state index in [2.05, 4.69) is 34.4 Å². The molecule has 0 radical (unpaired) electrons. The number of morpholine rings is 1. The molecular weight excluding hydrogens is 296 g/mol. The minimum absolute atomic E-state index is 0.124. The molecule has 128 valence electrons. The topological polar surface area (TPSA) is 75.7 Å². The Balaban J connectivity index is 1.78. The van der Waals surface area contributed by atoms with Gasteiger partial charge in [-0.3, -0.25) is 4.90 Å². The van der Waals surface area contributed by atoms with Gasteiger partial charge in [0.05, 0.1) is 19.3 Å². The predicted molar refractivity (Wildman–Crippen MR) is 89.0 cm³/mol. The molecule has 0 bridgehead atoms. The zero-order chi connectivity index (χ0) is 16.9. The van der Waals surface area contributed by atoms with Gasteiger partial charge in [-0.2, -0.15) is 0 Å². The zero-order valence-corrected chi connectivity index (χ0v) is 14.3. The van der Waals surface area contributed by atoms with Crippen molar-refractivity contribution in [3.05, 3.63) is 17.8 Å². The lowest BCUT2D eigenvalue weighted by Gasteiger charge is -2.38. The summed E-state index contributed by atoms with van der Waals surface area (Å²) in [6, 6.07) is 1.57. The monoisotopic (exact) mass is 322 g/mol. The maximum Gasteiger partial charge on any atom is 0.319 e. The van der Waals surface area contributed by atoms with Crippen molar-refractivity contribution in [3.8, 4) is 5.88 Å². The number of carbonyl (C=O) groups excluding carboxylic acids is 1. The molecule has 2 N–H and O–H groups in total. The molecule has 0 unspecified atom stereocenters. The summed E-state index contributed by atoms with van der Waals surface area (Å²) < 4.78 is 10.8. The largest absolute Gasteiger partial charge is 0.480 e. The third kappa shape index (κ3) is 5.37. The number of pyridine rings is 1. The first-order chi connectivity index (χ1) is 10.9. The predicted octanol–water partition coefficient (Wildman–Crippen LogP) is 1.63. The molecule has 2 rings (SSSR count). The molecule has 1 fully saturated rings. The summed E-state index contributed by atoms with van der Waals surface area (Å²) >= 11 is 0. The highest BCUT2D eigenvalue weighted by Crippen LogP contribution is 2.21. The highest BCUT2D eigenvalue weighted by molar-refractivity contribution is 5.90. The SMILES string of the molecule is COc1ncc(C)cc1NC(=O)NCCN1CCOC(C)(C)C1. The third-order valence-corrected chi connectivity index (χ3v) is 3.65. The van der Waals surface area contributed by atoms with Crippen LogP contribution >= 0.6 is 0 Å². The second-order valence-corrected chi connectivity index (χ2v) is 6.33. The Labute approximate surface area is 137 Å². The van der Waals surface area contributed by atoms with Crippen molar-refractivity contribution in [2.75, 3.05) is 45.2 Å². The first-order valence-electron chi connectivity index (χ1n) is 7.81. The van der Waals surface area contributed by atoms with Gasteiger partial charge >= 0.3 is 6.03 Å². The molecule has 1 aliphatic heterocycles. The van der Waals surface area contributed by atoms with Crippen molar-refractivity contribution in [1.29, 1.82) is 0 Å². The maximum absolute atomic E-state index is 12.0. The maximum atomic E-state index is 12.0. The molecule has 0 spiro atoms. The summed E-state index contributed by atoms with van der Waals surface area (Å²) in [6.07, 6.45) is 1.70. The molecule has 0 saturated carbocycles. The van der Waals surface area contributed by atoms with Crippen LogP contribution in [-0.4, -0.2) is 61.4 Å². The number of aromatic nitrogens is 1. The van der Waals surface area contributed by atoms with Crippen molar-refractivity contribution < 1.29 is 14.3 Å². The molecule has 2 amide bonds. The van der Waals surface area contributed by atoms with E-state index in [1.54, 1.807) is 6.20 Å². The van der Waals surface area contributed by atoms with Gasteiger partial charge in [-0.15, -0.1) is 0 Å². The number of hydrogen-bond donors (Lipinski definition) is 2. The first-order valence-corrected chi connectivity index (χ1v) is 7.81. The standard InChI is InChI=1S/C16H26N4O3/c1-12-9-13(14(22-4)18-10-12)19-15(21)17-5-6-20-7-8-23-16(2,3)11-20/h9-10H,5-8,11H2,1-4H3,(H2,17,19,21). The third-order valence-electron chi connectivity index (χ3n) is 3.65. The van der Waals surface area contributed by atoms with E-state index in [0.29, 0.717) is 18.1 Å². The van der Waals surface area contributed by atoms with Crippen molar-refractivity contribution in [2.45, 2.75) is 26.4 Å². The van der Waals surface area contributed by atoms with Gasteiger partial charge in [0.15, 0.2) is 0 Å². The van der Waals surface area contributed by atoms with Crippen molar-refractivity contribution >= 4 is 11.7 Å². The summed E-state index contributed by atoms with van der Waals surface area (Å²) in [5.41, 5.74) is 1.40. The van der Waals surface area contributed by atoms with Gasteiger partial charge in [0.25, 0.3) is 0 Å². The van der Waals surface area contributed by atoms with Gasteiger partial charge in [-0.05, 0) is 32.4 Å². The van der Waals surface area contributed by atoms with Crippen LogP contribution in [0, 0.1) is 6.92 Å². The van der Waals surface area contributed by atoms with E-state index in [1.165, 1.54) is 7.11 Å². The van der Waals surface area contributed by atoms with Crippen LogP contribution in [0.25, 0.3) is 0 Å². The second-order valence-electron chi connectivity index (χ2n) is 6.33. The Morgan fingerprint density at radius 3 is 3.00 bits per heavy atom. The highest BCUT2D eigenvalue weighted by atomic mass is 16.5. The number of nitrogens with one attached hydrogen (secondary N) is 2. The Kier molecular flexibility index (Phi) is 5.79. The number of anilines is 1. The van der Waals surface area contributed by atoms with E-state index in [9.17, 15) is 4.79 Å². The number of amides is 2. The smallest absolute Gasteiger partial charge is 0.319 e. The lowest BCUT2D eigenvalue weighted by Crippen LogP contribution is -2.50. The second kappa shape index (κ2) is 7.61. The molecule has 23 heavy (non-hydrogen) atoms. The number of nitrogens with zero attached hydrogens (tertiary/aromatic N) is 2. The molecule has 7 nitrogen and oxygen atoms in total. The van der Waals surface area contributed by atoms with Crippen LogP contribution in [0.5, 0.6) is 5.88 Å². The van der Waals surface area contributed by atoms with E-state index >= 15 is 0 Å². The molecular formula is C16H26N4O3. The summed E-state index contributed by atoms with van der Waals surface area (Å²) in [5.74, 6) is 0.403. The van der Waals surface area contributed by atoms with E-state index in [-0.39, 0.29) is 11.6 Å². The fourth-order valence-corrected chi connectivity index (χ4v) is 2.61. The number of aryl methyl sites for hydroxylation is 1. The normalized spacial score (nSPS) is 17.6. The molecule has 0 atom stereocenters. The summed E-state index contributed by atoms with van der Waals surface area (Å²) in [6.45, 7) is 9.93. The minimum atomic E-state index is -0.261. The van der Waals surface area contributed by atoms with Crippen LogP contribution in [0.1, 0.15) is 19.4 Å². The van der Waals surface area contributed by atoms with Gasteiger partial charge in [-0.1, -0.05) is 0 Å². The van der Waals surface area contributed by atoms with Gasteiger partial charge in [0.1, 0.15) is 5.69 Å². The fourth-order valence-electron chi connectivity index (χ4n) is 2.61. The molecule has 1 saturated heterocycles. The van der Waals surface area contributed by atoms with Crippen LogP contribution in [-0.2, 0) is 4.74 Å². The first kappa shape index (κ1) is 17.5. The number of urea groups is 1. The van der Waals surface area contributed by atoms with Crippen LogP contribution < -0.4 is 15.4 Å². The van der Waals surface area contributed by atoms with Crippen LogP contribution in [0.4, 0.5) is 10.5 Å². The Morgan fingerprint density at radius 2 is 2.30 bits per heavy atom. The summed E-state index contributed by atoms with van der Waals surface area (Å²) in [7, 11) is 1.53. The average molecular weight is 322 g/mol. The van der Waals surface area contributed by atoms with Crippen LogP contribution in [0.3, 0.4) is 0 Å². The Morgan fingerprint density at radius 1 is 1.52 bits per heavy atom.